The number of carbonyl (C=O) groups excluding carboxylic acids is 1. The van der Waals surface area contributed by atoms with Crippen molar-refractivity contribution in [3.63, 3.8) is 0 Å². The van der Waals surface area contributed by atoms with Crippen molar-refractivity contribution in [3.05, 3.63) is 34.3 Å². The first-order valence-electron chi connectivity index (χ1n) is 5.86. The molecule has 0 aromatic carbocycles. The topological polar surface area (TPSA) is 73.3 Å². The second-order valence-electron chi connectivity index (χ2n) is 4.46. The third kappa shape index (κ3) is 2.72. The fourth-order valence-electron chi connectivity index (χ4n) is 2.51. The summed E-state index contributed by atoms with van der Waals surface area (Å²) in [6, 6.07) is 3.42. The second-order valence-corrected chi connectivity index (χ2v) is 4.46. The molecule has 0 bridgehead atoms. The van der Waals surface area contributed by atoms with Gasteiger partial charge < -0.3 is 4.42 Å². The Hall–Kier alpha value is -1.65. The maximum Gasteiger partial charge on any atom is 0.214 e. The van der Waals surface area contributed by atoms with E-state index in [4.69, 9.17) is 4.42 Å². The van der Waals surface area contributed by atoms with Gasteiger partial charge in [0, 0.05) is 17.3 Å². The van der Waals surface area contributed by atoms with Crippen molar-refractivity contribution >= 4 is 5.78 Å². The van der Waals surface area contributed by atoms with Crippen LogP contribution in [0, 0.1) is 16.0 Å². The zero-order valence-corrected chi connectivity index (χ0v) is 9.50. The minimum atomic E-state index is -0.409. The van der Waals surface area contributed by atoms with Gasteiger partial charge >= 0.3 is 0 Å². The van der Waals surface area contributed by atoms with Gasteiger partial charge in [-0.25, -0.2) is 0 Å². The summed E-state index contributed by atoms with van der Waals surface area (Å²) in [5.41, 5.74) is 0. The van der Waals surface area contributed by atoms with Crippen LogP contribution in [0.15, 0.2) is 22.8 Å². The van der Waals surface area contributed by atoms with Gasteiger partial charge in [0.15, 0.2) is 0 Å². The third-order valence-electron chi connectivity index (χ3n) is 3.34. The van der Waals surface area contributed by atoms with Gasteiger partial charge in [-0.3, -0.25) is 14.9 Å². The lowest BCUT2D eigenvalue weighted by atomic mass is 9.78. The van der Waals surface area contributed by atoms with Gasteiger partial charge in [0.1, 0.15) is 11.5 Å². The summed E-state index contributed by atoms with van der Waals surface area (Å²) in [5, 5.41) is 10.7. The second kappa shape index (κ2) is 5.12. The number of Topliss-reactive ketones (excluding diaryl/α,β-unsaturated/α-hetero) is 1. The zero-order chi connectivity index (χ0) is 12.3. The molecule has 1 aromatic heterocycles. The van der Waals surface area contributed by atoms with Crippen LogP contribution < -0.4 is 0 Å². The lowest BCUT2D eigenvalue weighted by molar-refractivity contribution is -0.485. The van der Waals surface area contributed by atoms with E-state index < -0.39 is 5.92 Å². The quantitative estimate of drug-likeness (QED) is 0.595. The summed E-state index contributed by atoms with van der Waals surface area (Å²) >= 11 is 0. The van der Waals surface area contributed by atoms with Crippen LogP contribution in [0.25, 0.3) is 0 Å². The van der Waals surface area contributed by atoms with Crippen LogP contribution >= 0.6 is 0 Å². The monoisotopic (exact) mass is 237 g/mol. The van der Waals surface area contributed by atoms with Crippen LogP contribution in [0.4, 0.5) is 0 Å². The minimum Gasteiger partial charge on any atom is -0.469 e. The number of nitro groups is 1. The molecule has 2 rings (SSSR count). The van der Waals surface area contributed by atoms with E-state index in [0.717, 1.165) is 19.3 Å². The van der Waals surface area contributed by atoms with Crippen LogP contribution in [-0.2, 0) is 4.79 Å². The fraction of sp³-hybridized carbons (Fsp3) is 0.583. The Bertz CT molecular complexity index is 399. The maximum atomic E-state index is 11.8. The summed E-state index contributed by atoms with van der Waals surface area (Å²) in [5.74, 6) is 0.0366. The molecule has 0 spiro atoms. The number of rotatable bonds is 4. The van der Waals surface area contributed by atoms with Gasteiger partial charge in [-0.1, -0.05) is 6.42 Å². The van der Waals surface area contributed by atoms with E-state index >= 15 is 0 Å². The number of hydrogen-bond acceptors (Lipinski definition) is 4. The lowest BCUT2D eigenvalue weighted by Gasteiger charge is -2.25. The highest BCUT2D eigenvalue weighted by Crippen LogP contribution is 2.34. The molecule has 0 N–H and O–H groups in total. The molecule has 17 heavy (non-hydrogen) atoms. The summed E-state index contributed by atoms with van der Waals surface area (Å²) in [6.45, 7) is -0.232. The summed E-state index contributed by atoms with van der Waals surface area (Å²) in [4.78, 5) is 22.2. The van der Waals surface area contributed by atoms with Crippen molar-refractivity contribution < 1.29 is 14.1 Å². The van der Waals surface area contributed by atoms with Crippen LogP contribution in [0.3, 0.4) is 0 Å². The summed E-state index contributed by atoms with van der Waals surface area (Å²) in [6.07, 6.45) is 4.64. The molecule has 1 unspecified atom stereocenters. The first-order valence-corrected chi connectivity index (χ1v) is 5.86. The molecule has 1 aliphatic rings. The normalized spacial score (nSPS) is 22.4. The molecule has 1 heterocycles. The zero-order valence-electron chi connectivity index (χ0n) is 9.50. The van der Waals surface area contributed by atoms with E-state index in [1.165, 1.54) is 6.26 Å². The molecule has 0 radical (unpaired) electrons. The molecule has 2 atom stereocenters. The Balaban J connectivity index is 2.20. The molecule has 0 saturated heterocycles. The van der Waals surface area contributed by atoms with E-state index in [9.17, 15) is 14.9 Å². The van der Waals surface area contributed by atoms with Gasteiger partial charge in [0.05, 0.1) is 12.2 Å². The Morgan fingerprint density at radius 2 is 2.35 bits per heavy atom. The maximum absolute atomic E-state index is 11.8. The average Bonchev–Trinajstić information content (AvgIpc) is 2.80. The summed E-state index contributed by atoms with van der Waals surface area (Å²) < 4.78 is 5.24. The number of furan rings is 1. The minimum absolute atomic E-state index is 0.138. The van der Waals surface area contributed by atoms with Gasteiger partial charge in [-0.2, -0.15) is 0 Å². The van der Waals surface area contributed by atoms with E-state index in [1.54, 1.807) is 12.1 Å². The Morgan fingerprint density at radius 1 is 1.53 bits per heavy atom. The first kappa shape index (κ1) is 11.8. The average molecular weight is 237 g/mol. The molecule has 1 aliphatic carbocycles. The highest BCUT2D eigenvalue weighted by Gasteiger charge is 2.36. The van der Waals surface area contributed by atoms with Gasteiger partial charge in [-0.15, -0.1) is 0 Å². The predicted octanol–water partition coefficient (Wildman–Crippen LogP) is 2.40. The van der Waals surface area contributed by atoms with Gasteiger partial charge in [-0.05, 0) is 25.0 Å². The Kier molecular flexibility index (Phi) is 3.56. The van der Waals surface area contributed by atoms with E-state index in [1.807, 2.05) is 0 Å². The van der Waals surface area contributed by atoms with Gasteiger partial charge in [0.25, 0.3) is 0 Å². The first-order chi connectivity index (χ1) is 8.18. The predicted molar refractivity (Wildman–Crippen MR) is 60.3 cm³/mol. The summed E-state index contributed by atoms with van der Waals surface area (Å²) in [7, 11) is 0. The van der Waals surface area contributed by atoms with Crippen molar-refractivity contribution in [3.8, 4) is 0 Å². The molecular weight excluding hydrogens is 222 g/mol. The van der Waals surface area contributed by atoms with Crippen LogP contribution in [0.2, 0.25) is 0 Å². The molecule has 5 heteroatoms. The van der Waals surface area contributed by atoms with Gasteiger partial charge in [0.2, 0.25) is 6.54 Å². The molecule has 0 aliphatic heterocycles. The highest BCUT2D eigenvalue weighted by atomic mass is 16.6. The van der Waals surface area contributed by atoms with Crippen molar-refractivity contribution in [2.75, 3.05) is 6.54 Å². The van der Waals surface area contributed by atoms with E-state index in [0.29, 0.717) is 12.2 Å². The number of nitrogens with zero attached hydrogens (tertiary/aromatic N) is 1. The standard InChI is InChI=1S/C12H15NO4/c14-11-5-2-1-4-9(11)10(8-13(15)16)12-6-3-7-17-12/h3,6-7,9-10H,1-2,4-5,8H2/t9?,10-/m1/s1. The van der Waals surface area contributed by atoms with Crippen molar-refractivity contribution in [1.82, 2.24) is 0 Å². The smallest absolute Gasteiger partial charge is 0.214 e. The van der Waals surface area contributed by atoms with Crippen molar-refractivity contribution in [1.29, 1.82) is 0 Å². The van der Waals surface area contributed by atoms with Crippen molar-refractivity contribution in [2.24, 2.45) is 5.92 Å². The van der Waals surface area contributed by atoms with Crippen LogP contribution in [0.5, 0.6) is 0 Å². The third-order valence-corrected chi connectivity index (χ3v) is 3.34. The highest BCUT2D eigenvalue weighted by molar-refractivity contribution is 5.82. The largest absolute Gasteiger partial charge is 0.469 e. The Labute approximate surface area is 99.0 Å². The number of hydrogen-bond donors (Lipinski definition) is 0. The van der Waals surface area contributed by atoms with Crippen LogP contribution in [0.1, 0.15) is 37.4 Å². The fourth-order valence-corrected chi connectivity index (χ4v) is 2.51. The Morgan fingerprint density at radius 3 is 2.94 bits per heavy atom. The van der Waals surface area contributed by atoms with Crippen molar-refractivity contribution in [2.45, 2.75) is 31.6 Å². The van der Waals surface area contributed by atoms with E-state index in [2.05, 4.69) is 0 Å². The number of ketones is 1. The molecular formula is C12H15NO4. The molecule has 92 valence electrons. The molecule has 1 saturated carbocycles. The number of carbonyl (C=O) groups is 1. The molecule has 1 aromatic rings. The van der Waals surface area contributed by atoms with Crippen LogP contribution in [-0.4, -0.2) is 17.3 Å². The molecule has 1 fully saturated rings. The SMILES string of the molecule is O=C1CCCCC1[C@@H](C[N+](=O)[O-])c1ccco1. The van der Waals surface area contributed by atoms with E-state index in [-0.39, 0.29) is 23.2 Å². The molecule has 5 nitrogen and oxygen atoms in total. The lowest BCUT2D eigenvalue weighted by Crippen LogP contribution is -2.29. The molecule has 0 amide bonds.